The standard InChI is InChI=1S/C16H20F2N2O2/c1-10(2)15(21)19-11-6-8-20(9-7-11)16(22)14-12(17)4-3-5-13(14)18/h3-5,10-11H,6-9H2,1-2H3,(H,19,21). The minimum Gasteiger partial charge on any atom is -0.353 e. The molecule has 1 aliphatic rings. The summed E-state index contributed by atoms with van der Waals surface area (Å²) in [5.41, 5.74) is -0.507. The number of benzene rings is 1. The van der Waals surface area contributed by atoms with E-state index >= 15 is 0 Å². The molecule has 0 aliphatic carbocycles. The third-order valence-electron chi connectivity index (χ3n) is 3.83. The van der Waals surface area contributed by atoms with Gasteiger partial charge in [0.2, 0.25) is 5.91 Å². The molecule has 0 atom stereocenters. The molecule has 22 heavy (non-hydrogen) atoms. The van der Waals surface area contributed by atoms with Gasteiger partial charge in [-0.15, -0.1) is 0 Å². The van der Waals surface area contributed by atoms with E-state index in [0.29, 0.717) is 25.9 Å². The van der Waals surface area contributed by atoms with E-state index in [9.17, 15) is 18.4 Å². The van der Waals surface area contributed by atoms with Gasteiger partial charge in [0.05, 0.1) is 0 Å². The Bertz CT molecular complexity index is 547. The summed E-state index contributed by atoms with van der Waals surface area (Å²) in [5, 5.41) is 2.92. The Balaban J connectivity index is 1.97. The summed E-state index contributed by atoms with van der Waals surface area (Å²) < 4.78 is 27.3. The number of rotatable bonds is 3. The van der Waals surface area contributed by atoms with Gasteiger partial charge in [0, 0.05) is 25.0 Å². The number of hydrogen-bond acceptors (Lipinski definition) is 2. The van der Waals surface area contributed by atoms with E-state index < -0.39 is 23.1 Å². The normalized spacial score (nSPS) is 16.0. The monoisotopic (exact) mass is 310 g/mol. The first kappa shape index (κ1) is 16.4. The fraction of sp³-hybridized carbons (Fsp3) is 0.500. The van der Waals surface area contributed by atoms with Gasteiger partial charge in [0.1, 0.15) is 17.2 Å². The van der Waals surface area contributed by atoms with E-state index in [1.54, 1.807) is 0 Å². The highest BCUT2D eigenvalue weighted by molar-refractivity contribution is 5.94. The molecule has 0 bridgehead atoms. The molecule has 1 fully saturated rings. The largest absolute Gasteiger partial charge is 0.353 e. The van der Waals surface area contributed by atoms with Crippen LogP contribution in [0, 0.1) is 17.6 Å². The molecular weight excluding hydrogens is 290 g/mol. The first-order valence-electron chi connectivity index (χ1n) is 7.43. The molecule has 120 valence electrons. The molecule has 2 amide bonds. The van der Waals surface area contributed by atoms with E-state index in [-0.39, 0.29) is 17.9 Å². The average molecular weight is 310 g/mol. The predicted octanol–water partition coefficient (Wildman–Crippen LogP) is 2.34. The quantitative estimate of drug-likeness (QED) is 0.931. The number of nitrogens with one attached hydrogen (secondary N) is 1. The van der Waals surface area contributed by atoms with Crippen LogP contribution in [0.4, 0.5) is 8.78 Å². The van der Waals surface area contributed by atoms with Crippen LogP contribution in [0.1, 0.15) is 37.0 Å². The van der Waals surface area contributed by atoms with Crippen molar-refractivity contribution in [2.45, 2.75) is 32.7 Å². The van der Waals surface area contributed by atoms with Crippen LogP contribution in [-0.4, -0.2) is 35.8 Å². The average Bonchev–Trinajstić information content (AvgIpc) is 2.47. The fourth-order valence-electron chi connectivity index (χ4n) is 2.46. The van der Waals surface area contributed by atoms with Crippen LogP contribution < -0.4 is 5.32 Å². The van der Waals surface area contributed by atoms with E-state index in [1.165, 1.54) is 11.0 Å². The predicted molar refractivity (Wildman–Crippen MR) is 78.3 cm³/mol. The summed E-state index contributed by atoms with van der Waals surface area (Å²) in [6, 6.07) is 3.39. The number of piperidine rings is 1. The Labute approximate surface area is 128 Å². The topological polar surface area (TPSA) is 49.4 Å². The van der Waals surface area contributed by atoms with E-state index in [1.807, 2.05) is 13.8 Å². The molecule has 1 aliphatic heterocycles. The van der Waals surface area contributed by atoms with Crippen LogP contribution >= 0.6 is 0 Å². The first-order valence-corrected chi connectivity index (χ1v) is 7.43. The molecule has 1 aromatic rings. The van der Waals surface area contributed by atoms with Gasteiger partial charge in [-0.05, 0) is 25.0 Å². The van der Waals surface area contributed by atoms with Crippen LogP contribution in [-0.2, 0) is 4.79 Å². The Kier molecular flexibility index (Phi) is 5.11. The Morgan fingerprint density at radius 1 is 1.18 bits per heavy atom. The molecule has 0 aromatic heterocycles. The van der Waals surface area contributed by atoms with Crippen LogP contribution in [0.15, 0.2) is 18.2 Å². The molecule has 1 heterocycles. The second kappa shape index (κ2) is 6.85. The van der Waals surface area contributed by atoms with Crippen molar-refractivity contribution in [2.75, 3.05) is 13.1 Å². The van der Waals surface area contributed by atoms with Crippen molar-refractivity contribution in [3.63, 3.8) is 0 Å². The van der Waals surface area contributed by atoms with Crippen LogP contribution in [0.5, 0.6) is 0 Å². The number of likely N-dealkylation sites (tertiary alicyclic amines) is 1. The number of hydrogen-bond donors (Lipinski definition) is 1. The van der Waals surface area contributed by atoms with Crippen molar-refractivity contribution in [2.24, 2.45) is 5.92 Å². The summed E-state index contributed by atoms with van der Waals surface area (Å²) >= 11 is 0. The molecule has 6 heteroatoms. The van der Waals surface area contributed by atoms with Gasteiger partial charge in [-0.25, -0.2) is 8.78 Å². The molecule has 2 rings (SSSR count). The minimum absolute atomic E-state index is 0.00409. The molecule has 1 saturated heterocycles. The van der Waals surface area contributed by atoms with Crippen molar-refractivity contribution in [1.82, 2.24) is 10.2 Å². The van der Waals surface area contributed by atoms with Gasteiger partial charge in [-0.2, -0.15) is 0 Å². The van der Waals surface area contributed by atoms with Crippen molar-refractivity contribution in [3.05, 3.63) is 35.4 Å². The zero-order valence-corrected chi connectivity index (χ0v) is 12.7. The third kappa shape index (κ3) is 3.61. The second-order valence-electron chi connectivity index (χ2n) is 5.83. The summed E-state index contributed by atoms with van der Waals surface area (Å²) in [5.74, 6) is -2.44. The minimum atomic E-state index is -0.847. The van der Waals surface area contributed by atoms with Gasteiger partial charge < -0.3 is 10.2 Å². The highest BCUT2D eigenvalue weighted by Gasteiger charge is 2.28. The Morgan fingerprint density at radius 3 is 2.23 bits per heavy atom. The van der Waals surface area contributed by atoms with Crippen LogP contribution in [0.25, 0.3) is 0 Å². The number of carbonyl (C=O) groups excluding carboxylic acids is 2. The first-order chi connectivity index (χ1) is 10.4. The van der Waals surface area contributed by atoms with Gasteiger partial charge in [-0.1, -0.05) is 19.9 Å². The zero-order valence-electron chi connectivity index (χ0n) is 12.7. The summed E-state index contributed by atoms with van der Waals surface area (Å²) in [6.45, 7) is 4.37. The van der Waals surface area contributed by atoms with Gasteiger partial charge in [0.15, 0.2) is 0 Å². The molecule has 0 radical (unpaired) electrons. The fourth-order valence-corrected chi connectivity index (χ4v) is 2.46. The highest BCUT2D eigenvalue weighted by Crippen LogP contribution is 2.18. The molecule has 0 spiro atoms. The molecule has 1 N–H and O–H groups in total. The Hall–Kier alpha value is -1.98. The summed E-state index contributed by atoms with van der Waals surface area (Å²) in [6.07, 6.45) is 1.17. The van der Waals surface area contributed by atoms with E-state index in [0.717, 1.165) is 12.1 Å². The van der Waals surface area contributed by atoms with Gasteiger partial charge >= 0.3 is 0 Å². The summed E-state index contributed by atoms with van der Waals surface area (Å²) in [4.78, 5) is 25.3. The smallest absolute Gasteiger partial charge is 0.259 e. The molecule has 0 unspecified atom stereocenters. The molecule has 0 saturated carbocycles. The van der Waals surface area contributed by atoms with Crippen molar-refractivity contribution in [3.8, 4) is 0 Å². The maximum absolute atomic E-state index is 13.6. The molecule has 1 aromatic carbocycles. The lowest BCUT2D eigenvalue weighted by Crippen LogP contribution is -2.47. The highest BCUT2D eigenvalue weighted by atomic mass is 19.1. The van der Waals surface area contributed by atoms with Crippen molar-refractivity contribution >= 4 is 11.8 Å². The second-order valence-corrected chi connectivity index (χ2v) is 5.83. The van der Waals surface area contributed by atoms with E-state index in [2.05, 4.69) is 5.32 Å². The lowest BCUT2D eigenvalue weighted by atomic mass is 10.0. The molecule has 4 nitrogen and oxygen atoms in total. The third-order valence-corrected chi connectivity index (χ3v) is 3.83. The van der Waals surface area contributed by atoms with Gasteiger partial charge in [-0.3, -0.25) is 9.59 Å². The van der Waals surface area contributed by atoms with Crippen molar-refractivity contribution in [1.29, 1.82) is 0 Å². The van der Waals surface area contributed by atoms with Crippen LogP contribution in [0.2, 0.25) is 0 Å². The number of nitrogens with zero attached hydrogens (tertiary/aromatic N) is 1. The van der Waals surface area contributed by atoms with E-state index in [4.69, 9.17) is 0 Å². The number of amides is 2. The maximum Gasteiger partial charge on any atom is 0.259 e. The maximum atomic E-state index is 13.6. The number of carbonyl (C=O) groups is 2. The number of halogens is 2. The van der Waals surface area contributed by atoms with Crippen LogP contribution in [0.3, 0.4) is 0 Å². The lowest BCUT2D eigenvalue weighted by molar-refractivity contribution is -0.124. The SMILES string of the molecule is CC(C)C(=O)NC1CCN(C(=O)c2c(F)cccc2F)CC1. The lowest BCUT2D eigenvalue weighted by Gasteiger charge is -2.32. The Morgan fingerprint density at radius 2 is 1.73 bits per heavy atom. The molecular formula is C16H20F2N2O2. The summed E-state index contributed by atoms with van der Waals surface area (Å²) in [7, 11) is 0. The van der Waals surface area contributed by atoms with Crippen molar-refractivity contribution < 1.29 is 18.4 Å². The van der Waals surface area contributed by atoms with Gasteiger partial charge in [0.25, 0.3) is 5.91 Å². The zero-order chi connectivity index (χ0) is 16.3.